The minimum atomic E-state index is -3.20. The molecule has 0 saturated carbocycles. The maximum absolute atomic E-state index is 11.5. The Balaban J connectivity index is 2.61. The molecule has 1 aromatic rings. The van der Waals surface area contributed by atoms with Gasteiger partial charge < -0.3 is 4.57 Å². The molecule has 0 aliphatic heterocycles. The zero-order chi connectivity index (χ0) is 12.9. The number of hydrogen-bond donors (Lipinski definition) is 1. The average Bonchev–Trinajstić information content (AvgIpc) is 2.28. The van der Waals surface area contributed by atoms with Crippen LogP contribution in [0.25, 0.3) is 0 Å². The van der Waals surface area contributed by atoms with Gasteiger partial charge in [0.15, 0.2) is 0 Å². The quantitative estimate of drug-likeness (QED) is 0.812. The first-order chi connectivity index (χ1) is 7.94. The molecule has 1 rings (SSSR count). The van der Waals surface area contributed by atoms with Crippen molar-refractivity contribution >= 4 is 10.0 Å². The van der Waals surface area contributed by atoms with E-state index >= 15 is 0 Å². The Morgan fingerprint density at radius 2 is 2.06 bits per heavy atom. The molecule has 0 aromatic carbocycles. The van der Waals surface area contributed by atoms with E-state index in [9.17, 15) is 13.2 Å². The summed E-state index contributed by atoms with van der Waals surface area (Å²) in [5.41, 5.74) is 0.662. The van der Waals surface area contributed by atoms with Gasteiger partial charge in [0.1, 0.15) is 0 Å². The number of hydrogen-bond acceptors (Lipinski definition) is 3. The maximum Gasteiger partial charge on any atom is 0.250 e. The van der Waals surface area contributed by atoms with Gasteiger partial charge in [-0.2, -0.15) is 0 Å². The van der Waals surface area contributed by atoms with Gasteiger partial charge in [-0.1, -0.05) is 19.4 Å². The van der Waals surface area contributed by atoms with Gasteiger partial charge in [0.05, 0.1) is 5.75 Å². The van der Waals surface area contributed by atoms with Crippen LogP contribution < -0.4 is 10.3 Å². The van der Waals surface area contributed by atoms with Crippen molar-refractivity contribution in [2.45, 2.75) is 26.3 Å². The lowest BCUT2D eigenvalue weighted by Crippen LogP contribution is -2.26. The highest BCUT2D eigenvalue weighted by Gasteiger charge is 2.08. The fourth-order valence-electron chi connectivity index (χ4n) is 1.36. The van der Waals surface area contributed by atoms with Crippen molar-refractivity contribution in [3.8, 4) is 0 Å². The summed E-state index contributed by atoms with van der Waals surface area (Å²) in [7, 11) is -1.57. The standard InChI is InChI=1S/C11H18N2O3S/c1-3-4-7-17(15,16)12-8-10-5-6-11(14)13(2)9-10/h5-6,9,12H,3-4,7-8H2,1-2H3. The highest BCUT2D eigenvalue weighted by molar-refractivity contribution is 7.89. The van der Waals surface area contributed by atoms with E-state index in [1.165, 1.54) is 10.6 Å². The van der Waals surface area contributed by atoms with Crippen molar-refractivity contribution in [3.63, 3.8) is 0 Å². The van der Waals surface area contributed by atoms with E-state index in [4.69, 9.17) is 0 Å². The monoisotopic (exact) mass is 258 g/mol. The highest BCUT2D eigenvalue weighted by atomic mass is 32.2. The van der Waals surface area contributed by atoms with E-state index in [0.29, 0.717) is 6.42 Å². The summed E-state index contributed by atoms with van der Waals surface area (Å²) in [6.45, 7) is 2.17. The summed E-state index contributed by atoms with van der Waals surface area (Å²) in [6.07, 6.45) is 3.13. The molecule has 0 bridgehead atoms. The van der Waals surface area contributed by atoms with Gasteiger partial charge in [0.25, 0.3) is 0 Å². The van der Waals surface area contributed by atoms with E-state index in [2.05, 4.69) is 4.72 Å². The molecule has 6 heteroatoms. The molecular formula is C11H18N2O3S. The predicted octanol–water partition coefficient (Wildman–Crippen LogP) is 0.605. The van der Waals surface area contributed by atoms with Crippen molar-refractivity contribution < 1.29 is 8.42 Å². The average molecular weight is 258 g/mol. The number of sulfonamides is 1. The number of aromatic nitrogens is 1. The summed E-state index contributed by atoms with van der Waals surface area (Å²) < 4.78 is 27.0. The minimum Gasteiger partial charge on any atom is -0.318 e. The van der Waals surface area contributed by atoms with Crippen LogP contribution in [0, 0.1) is 0 Å². The minimum absolute atomic E-state index is 0.109. The predicted molar refractivity (Wildman–Crippen MR) is 67.2 cm³/mol. The third kappa shape index (κ3) is 4.70. The van der Waals surface area contributed by atoms with Crippen molar-refractivity contribution in [2.24, 2.45) is 7.05 Å². The Bertz CT molecular complexity index is 520. The number of rotatable bonds is 6. The number of nitrogens with one attached hydrogen (secondary N) is 1. The molecule has 0 saturated heterocycles. The number of aryl methyl sites for hydroxylation is 1. The fourth-order valence-corrected chi connectivity index (χ4v) is 2.56. The highest BCUT2D eigenvalue weighted by Crippen LogP contribution is 1.98. The van der Waals surface area contributed by atoms with Crippen LogP contribution >= 0.6 is 0 Å². The van der Waals surface area contributed by atoms with Gasteiger partial charge >= 0.3 is 0 Å². The molecule has 5 nitrogen and oxygen atoms in total. The normalized spacial score (nSPS) is 11.6. The van der Waals surface area contributed by atoms with Gasteiger partial charge in [0.2, 0.25) is 15.6 Å². The largest absolute Gasteiger partial charge is 0.318 e. The van der Waals surface area contributed by atoms with Crippen molar-refractivity contribution in [2.75, 3.05) is 5.75 Å². The lowest BCUT2D eigenvalue weighted by Gasteiger charge is -2.07. The molecule has 1 N–H and O–H groups in total. The summed E-state index contributed by atoms with van der Waals surface area (Å²) >= 11 is 0. The van der Waals surface area contributed by atoms with Crippen LogP contribution in [0.3, 0.4) is 0 Å². The summed E-state index contributed by atoms with van der Waals surface area (Å²) in [5, 5.41) is 0. The SMILES string of the molecule is CCCCS(=O)(=O)NCc1ccc(=O)n(C)c1. The molecule has 0 spiro atoms. The van der Waals surface area contributed by atoms with Gasteiger partial charge in [-0.3, -0.25) is 4.79 Å². The number of unbranched alkanes of at least 4 members (excludes halogenated alkanes) is 1. The van der Waals surface area contributed by atoms with Gasteiger partial charge in [-0.15, -0.1) is 0 Å². The molecule has 0 amide bonds. The molecule has 0 unspecified atom stereocenters. The van der Waals surface area contributed by atoms with E-state index < -0.39 is 10.0 Å². The van der Waals surface area contributed by atoms with Crippen LogP contribution in [0.1, 0.15) is 25.3 Å². The zero-order valence-corrected chi connectivity index (χ0v) is 11.0. The Hall–Kier alpha value is -1.14. The number of pyridine rings is 1. The van der Waals surface area contributed by atoms with E-state index in [-0.39, 0.29) is 17.9 Å². The van der Waals surface area contributed by atoms with Crippen LogP contribution in [0.5, 0.6) is 0 Å². The Morgan fingerprint density at radius 1 is 1.35 bits per heavy atom. The van der Waals surface area contributed by atoms with Gasteiger partial charge in [0, 0.05) is 25.9 Å². The smallest absolute Gasteiger partial charge is 0.250 e. The lowest BCUT2D eigenvalue weighted by molar-refractivity contribution is 0.577. The van der Waals surface area contributed by atoms with E-state index in [0.717, 1.165) is 12.0 Å². The van der Waals surface area contributed by atoms with Crippen molar-refractivity contribution in [3.05, 3.63) is 34.2 Å². The topological polar surface area (TPSA) is 68.2 Å². The molecule has 0 fully saturated rings. The maximum atomic E-state index is 11.5. The third-order valence-corrected chi connectivity index (χ3v) is 3.82. The van der Waals surface area contributed by atoms with Crippen molar-refractivity contribution in [1.82, 2.24) is 9.29 Å². The zero-order valence-electron chi connectivity index (χ0n) is 10.1. The Morgan fingerprint density at radius 3 is 2.65 bits per heavy atom. The summed E-state index contributed by atoms with van der Waals surface area (Å²) in [5.74, 6) is 0.148. The summed E-state index contributed by atoms with van der Waals surface area (Å²) in [6, 6.07) is 3.06. The summed E-state index contributed by atoms with van der Waals surface area (Å²) in [4.78, 5) is 11.1. The molecular weight excluding hydrogens is 240 g/mol. The molecule has 0 aliphatic rings. The molecule has 1 aromatic heterocycles. The Kier molecular flexibility index (Phi) is 4.89. The second-order valence-corrected chi connectivity index (χ2v) is 5.91. The first-order valence-electron chi connectivity index (χ1n) is 5.57. The molecule has 96 valence electrons. The van der Waals surface area contributed by atoms with Crippen LogP contribution in [-0.2, 0) is 23.6 Å². The second-order valence-electron chi connectivity index (χ2n) is 3.98. The molecule has 0 radical (unpaired) electrons. The third-order valence-electron chi connectivity index (χ3n) is 2.41. The molecule has 17 heavy (non-hydrogen) atoms. The van der Waals surface area contributed by atoms with Crippen LogP contribution in [-0.4, -0.2) is 18.7 Å². The van der Waals surface area contributed by atoms with Crippen LogP contribution in [0.15, 0.2) is 23.1 Å². The first kappa shape index (κ1) is 13.9. The number of nitrogens with zero attached hydrogens (tertiary/aromatic N) is 1. The fraction of sp³-hybridized carbons (Fsp3) is 0.545. The lowest BCUT2D eigenvalue weighted by atomic mass is 10.3. The van der Waals surface area contributed by atoms with E-state index in [1.54, 1.807) is 19.3 Å². The van der Waals surface area contributed by atoms with Gasteiger partial charge in [-0.05, 0) is 12.0 Å². The van der Waals surface area contributed by atoms with Crippen LogP contribution in [0.2, 0.25) is 0 Å². The molecule has 0 aliphatic carbocycles. The Labute approximate surface area is 102 Å². The van der Waals surface area contributed by atoms with E-state index in [1.807, 2.05) is 6.92 Å². The molecule has 1 heterocycles. The second kappa shape index (κ2) is 5.97. The van der Waals surface area contributed by atoms with Gasteiger partial charge in [-0.25, -0.2) is 13.1 Å². The molecule has 0 atom stereocenters. The van der Waals surface area contributed by atoms with Crippen molar-refractivity contribution in [1.29, 1.82) is 0 Å². The van der Waals surface area contributed by atoms with Crippen LogP contribution in [0.4, 0.5) is 0 Å². The first-order valence-corrected chi connectivity index (χ1v) is 7.23.